The summed E-state index contributed by atoms with van der Waals surface area (Å²) in [6, 6.07) is 5.95. The lowest BCUT2D eigenvalue weighted by Gasteiger charge is -2.06. The molecule has 0 aliphatic heterocycles. The summed E-state index contributed by atoms with van der Waals surface area (Å²) in [7, 11) is 0. The third-order valence-corrected chi connectivity index (χ3v) is 3.60. The highest BCUT2D eigenvalue weighted by Crippen LogP contribution is 2.21. The van der Waals surface area contributed by atoms with Crippen LogP contribution in [0.3, 0.4) is 0 Å². The van der Waals surface area contributed by atoms with E-state index in [1.807, 2.05) is 32.0 Å². The van der Waals surface area contributed by atoms with Crippen molar-refractivity contribution in [1.29, 1.82) is 0 Å². The normalized spacial score (nSPS) is 10.4. The zero-order chi connectivity index (χ0) is 11.5. The summed E-state index contributed by atoms with van der Waals surface area (Å²) < 4.78 is 3.89. The largest absolute Gasteiger partial charge is 0.380 e. The van der Waals surface area contributed by atoms with E-state index < -0.39 is 0 Å². The summed E-state index contributed by atoms with van der Waals surface area (Å²) in [6.07, 6.45) is 0. The predicted octanol–water partition coefficient (Wildman–Crippen LogP) is 3.42. The minimum Gasteiger partial charge on any atom is -0.380 e. The molecule has 0 fully saturated rings. The number of nitrogens with one attached hydrogen (secondary N) is 1. The molecule has 3 nitrogen and oxygen atoms in total. The molecule has 0 aliphatic carbocycles. The maximum Gasteiger partial charge on any atom is 0.0774 e. The second-order valence-electron chi connectivity index (χ2n) is 3.60. The number of hydrogen-bond acceptors (Lipinski definition) is 4. The first-order chi connectivity index (χ1) is 7.66. The van der Waals surface area contributed by atoms with Gasteiger partial charge in [-0.3, -0.25) is 0 Å². The summed E-state index contributed by atoms with van der Waals surface area (Å²) in [5.41, 5.74) is 3.09. The van der Waals surface area contributed by atoms with Crippen LogP contribution in [0.25, 0.3) is 0 Å². The van der Waals surface area contributed by atoms with Crippen LogP contribution < -0.4 is 5.32 Å². The van der Waals surface area contributed by atoms with Crippen LogP contribution in [0, 0.1) is 13.8 Å². The van der Waals surface area contributed by atoms with E-state index in [1.165, 1.54) is 11.5 Å². The Hall–Kier alpha value is -1.13. The van der Waals surface area contributed by atoms with Gasteiger partial charge in [0.1, 0.15) is 0 Å². The smallest absolute Gasteiger partial charge is 0.0774 e. The van der Waals surface area contributed by atoms with Crippen molar-refractivity contribution in [2.45, 2.75) is 20.4 Å². The number of halogens is 1. The van der Waals surface area contributed by atoms with Crippen LogP contribution in [-0.4, -0.2) is 9.59 Å². The van der Waals surface area contributed by atoms with E-state index in [-0.39, 0.29) is 0 Å². The molecule has 0 atom stereocenters. The van der Waals surface area contributed by atoms with Crippen molar-refractivity contribution in [2.75, 3.05) is 5.32 Å². The minimum atomic E-state index is 0.739. The van der Waals surface area contributed by atoms with Gasteiger partial charge in [-0.1, -0.05) is 22.2 Å². The van der Waals surface area contributed by atoms with Gasteiger partial charge in [0, 0.05) is 10.7 Å². The molecule has 0 unspecified atom stereocenters. The van der Waals surface area contributed by atoms with Crippen molar-refractivity contribution in [2.24, 2.45) is 0 Å². The average Bonchev–Trinajstić information content (AvgIpc) is 2.66. The topological polar surface area (TPSA) is 37.8 Å². The molecular weight excluding hydrogens is 242 g/mol. The Morgan fingerprint density at radius 2 is 2.19 bits per heavy atom. The first-order valence-corrected chi connectivity index (χ1v) is 6.10. The Balaban J connectivity index is 2.05. The van der Waals surface area contributed by atoms with E-state index in [1.54, 1.807) is 0 Å². The van der Waals surface area contributed by atoms with E-state index in [2.05, 4.69) is 14.9 Å². The Bertz CT molecular complexity index is 496. The van der Waals surface area contributed by atoms with Gasteiger partial charge >= 0.3 is 0 Å². The van der Waals surface area contributed by atoms with Gasteiger partial charge in [-0.15, -0.1) is 5.10 Å². The monoisotopic (exact) mass is 253 g/mol. The van der Waals surface area contributed by atoms with Gasteiger partial charge < -0.3 is 5.32 Å². The quantitative estimate of drug-likeness (QED) is 0.911. The summed E-state index contributed by atoms with van der Waals surface area (Å²) in [5.74, 6) is 0. The first kappa shape index (κ1) is 11.4. The molecule has 0 amide bonds. The number of nitrogens with zero attached hydrogens (tertiary/aromatic N) is 2. The van der Waals surface area contributed by atoms with Crippen LogP contribution in [0.1, 0.15) is 16.1 Å². The lowest BCUT2D eigenvalue weighted by atomic mass is 10.2. The fourth-order valence-corrected chi connectivity index (χ4v) is 2.05. The molecule has 84 valence electrons. The molecule has 1 aromatic carbocycles. The number of rotatable bonds is 3. The Labute approximate surface area is 104 Å². The summed E-state index contributed by atoms with van der Waals surface area (Å²) in [6.45, 7) is 4.69. The molecular formula is C11H12ClN3S. The molecule has 2 rings (SSSR count). The average molecular weight is 254 g/mol. The van der Waals surface area contributed by atoms with Gasteiger partial charge in [0.2, 0.25) is 0 Å². The number of benzene rings is 1. The van der Waals surface area contributed by atoms with Crippen molar-refractivity contribution in [3.8, 4) is 0 Å². The summed E-state index contributed by atoms with van der Waals surface area (Å²) >= 11 is 7.46. The van der Waals surface area contributed by atoms with E-state index in [4.69, 9.17) is 11.6 Å². The number of aromatic nitrogens is 2. The van der Waals surface area contributed by atoms with E-state index in [9.17, 15) is 0 Å². The molecule has 1 aromatic heterocycles. The van der Waals surface area contributed by atoms with E-state index >= 15 is 0 Å². The zero-order valence-electron chi connectivity index (χ0n) is 9.12. The lowest BCUT2D eigenvalue weighted by Crippen LogP contribution is -1.99. The minimum absolute atomic E-state index is 0.739. The van der Waals surface area contributed by atoms with Gasteiger partial charge in [-0.2, -0.15) is 0 Å². The third-order valence-electron chi connectivity index (χ3n) is 2.37. The zero-order valence-corrected chi connectivity index (χ0v) is 10.7. The van der Waals surface area contributed by atoms with E-state index in [0.717, 1.165) is 33.4 Å². The van der Waals surface area contributed by atoms with Gasteiger partial charge in [0.25, 0.3) is 0 Å². The molecule has 0 radical (unpaired) electrons. The van der Waals surface area contributed by atoms with Crippen molar-refractivity contribution in [3.63, 3.8) is 0 Å². The maximum atomic E-state index is 6.04. The van der Waals surface area contributed by atoms with Gasteiger partial charge in [0.15, 0.2) is 0 Å². The van der Waals surface area contributed by atoms with Crippen LogP contribution in [0.5, 0.6) is 0 Å². The van der Waals surface area contributed by atoms with Crippen LogP contribution in [-0.2, 0) is 6.54 Å². The molecule has 2 aromatic rings. The van der Waals surface area contributed by atoms with Crippen LogP contribution in [0.4, 0.5) is 5.69 Å². The molecule has 0 aliphatic rings. The molecule has 0 bridgehead atoms. The van der Waals surface area contributed by atoms with Crippen LogP contribution >= 0.6 is 23.1 Å². The molecule has 5 heteroatoms. The molecule has 1 N–H and O–H groups in total. The second-order valence-corrected chi connectivity index (χ2v) is 4.84. The van der Waals surface area contributed by atoms with Crippen molar-refractivity contribution < 1.29 is 0 Å². The summed E-state index contributed by atoms with van der Waals surface area (Å²) in [4.78, 5) is 1.15. The standard InChI is InChI=1S/C11H12ClN3S/c1-7-3-4-9(5-10(7)12)13-6-11-8(2)14-15-16-11/h3-5,13H,6H2,1-2H3. The van der Waals surface area contributed by atoms with Crippen LogP contribution in [0.2, 0.25) is 5.02 Å². The fourth-order valence-electron chi connectivity index (χ4n) is 1.30. The highest BCUT2D eigenvalue weighted by molar-refractivity contribution is 7.05. The van der Waals surface area contributed by atoms with Crippen LogP contribution in [0.15, 0.2) is 18.2 Å². The Morgan fingerprint density at radius 3 is 2.81 bits per heavy atom. The van der Waals surface area contributed by atoms with Gasteiger partial charge in [-0.25, -0.2) is 0 Å². The second kappa shape index (κ2) is 4.80. The molecule has 16 heavy (non-hydrogen) atoms. The first-order valence-electron chi connectivity index (χ1n) is 4.94. The highest BCUT2D eigenvalue weighted by atomic mass is 35.5. The fraction of sp³-hybridized carbons (Fsp3) is 0.273. The number of aryl methyl sites for hydroxylation is 2. The van der Waals surface area contributed by atoms with Gasteiger partial charge in [0.05, 0.1) is 17.1 Å². The summed E-state index contributed by atoms with van der Waals surface area (Å²) in [5, 5.41) is 8.05. The highest BCUT2D eigenvalue weighted by Gasteiger charge is 2.03. The molecule has 1 heterocycles. The number of hydrogen-bond donors (Lipinski definition) is 1. The number of anilines is 1. The maximum absolute atomic E-state index is 6.04. The molecule has 0 saturated carbocycles. The third kappa shape index (κ3) is 2.51. The van der Waals surface area contributed by atoms with E-state index in [0.29, 0.717) is 0 Å². The molecule has 0 spiro atoms. The van der Waals surface area contributed by atoms with Crippen molar-refractivity contribution in [1.82, 2.24) is 9.59 Å². The molecule has 0 saturated heterocycles. The predicted molar refractivity (Wildman–Crippen MR) is 68.2 cm³/mol. The lowest BCUT2D eigenvalue weighted by molar-refractivity contribution is 1.05. The van der Waals surface area contributed by atoms with Crippen molar-refractivity contribution >= 4 is 28.8 Å². The Kier molecular flexibility index (Phi) is 3.41. The Morgan fingerprint density at radius 1 is 1.38 bits per heavy atom. The van der Waals surface area contributed by atoms with Crippen molar-refractivity contribution in [3.05, 3.63) is 39.4 Å². The van der Waals surface area contributed by atoms with Gasteiger partial charge in [-0.05, 0) is 43.1 Å². The SMILES string of the molecule is Cc1ccc(NCc2snnc2C)cc1Cl.